The van der Waals surface area contributed by atoms with Gasteiger partial charge in [0.15, 0.2) is 6.10 Å². The molecule has 0 aromatic heterocycles. The van der Waals surface area contributed by atoms with Crippen LogP contribution >= 0.6 is 7.82 Å². The van der Waals surface area contributed by atoms with Gasteiger partial charge in [0.05, 0.1) is 6.61 Å². The first kappa shape index (κ1) is 57.8. The molecule has 0 aromatic carbocycles. The molecule has 1 unspecified atom stereocenters. The molecule has 0 aromatic rings. The van der Waals surface area contributed by atoms with E-state index in [4.69, 9.17) is 19.3 Å². The van der Waals surface area contributed by atoms with Crippen molar-refractivity contribution in [2.75, 3.05) is 13.2 Å². The molecule has 0 spiro atoms. The molecular weight excluding hydrogens is 772 g/mol. The van der Waals surface area contributed by atoms with Crippen LogP contribution in [0.2, 0.25) is 0 Å². The first-order chi connectivity index (χ1) is 29.3. The molecule has 60 heavy (non-hydrogen) atoms. The number of unbranched alkanes of at least 4 members (excludes halogenated alkanes) is 25. The Kier molecular flexibility index (Phi) is 44.5. The Hall–Kier alpha value is -2.25. The van der Waals surface area contributed by atoms with Crippen molar-refractivity contribution < 1.29 is 37.9 Å². The van der Waals surface area contributed by atoms with Gasteiger partial charge in [-0.2, -0.15) is 0 Å². The smallest absolute Gasteiger partial charge is 0.462 e. The number of rotatable bonds is 45. The van der Waals surface area contributed by atoms with Gasteiger partial charge in [-0.3, -0.25) is 14.1 Å². The minimum atomic E-state index is -4.77. The summed E-state index contributed by atoms with van der Waals surface area (Å²) in [6.45, 7) is 3.58. The maximum Gasteiger partial charge on any atom is 0.469 e. The van der Waals surface area contributed by atoms with Gasteiger partial charge in [-0.05, 0) is 57.8 Å². The number of hydrogen-bond donors (Lipinski definition) is 2. The van der Waals surface area contributed by atoms with Gasteiger partial charge in [0.1, 0.15) is 6.61 Å². The largest absolute Gasteiger partial charge is 0.469 e. The highest BCUT2D eigenvalue weighted by Crippen LogP contribution is 2.36. The second kappa shape index (κ2) is 46.3. The van der Waals surface area contributed by atoms with Crippen molar-refractivity contribution in [1.29, 1.82) is 0 Å². The summed E-state index contributed by atoms with van der Waals surface area (Å²) in [7, 11) is -4.77. The van der Waals surface area contributed by atoms with E-state index in [0.29, 0.717) is 6.42 Å². The van der Waals surface area contributed by atoms with E-state index in [-0.39, 0.29) is 19.4 Å². The lowest BCUT2D eigenvalue weighted by Gasteiger charge is -2.18. The van der Waals surface area contributed by atoms with Crippen LogP contribution in [0.5, 0.6) is 0 Å². The summed E-state index contributed by atoms with van der Waals surface area (Å²) in [6, 6.07) is 0. The molecule has 8 nitrogen and oxygen atoms in total. The van der Waals surface area contributed by atoms with Crippen LogP contribution in [-0.2, 0) is 28.2 Å². The average molecular weight is 863 g/mol. The topological polar surface area (TPSA) is 119 Å². The van der Waals surface area contributed by atoms with Crippen molar-refractivity contribution in [2.45, 2.75) is 238 Å². The van der Waals surface area contributed by atoms with E-state index in [9.17, 15) is 14.2 Å². The van der Waals surface area contributed by atoms with Gasteiger partial charge < -0.3 is 19.3 Å². The number of ether oxygens (including phenoxy) is 2. The van der Waals surface area contributed by atoms with Crippen LogP contribution in [0, 0.1) is 0 Å². The van der Waals surface area contributed by atoms with Crippen LogP contribution in [-0.4, -0.2) is 41.0 Å². The average Bonchev–Trinajstić information content (AvgIpc) is 3.22. The Morgan fingerprint density at radius 2 is 0.800 bits per heavy atom. The number of phosphoric ester groups is 1. The quantitative estimate of drug-likeness (QED) is 0.0269. The van der Waals surface area contributed by atoms with E-state index in [1.165, 1.54) is 128 Å². The van der Waals surface area contributed by atoms with Gasteiger partial charge in [0.25, 0.3) is 0 Å². The summed E-state index contributed by atoms with van der Waals surface area (Å²) in [5.41, 5.74) is 0. The summed E-state index contributed by atoms with van der Waals surface area (Å²) >= 11 is 0. The van der Waals surface area contributed by atoms with E-state index in [1.54, 1.807) is 0 Å². The molecule has 0 aliphatic rings. The number of carbonyl (C=O) groups excluding carboxylic acids is 2. The molecule has 0 amide bonds. The Labute approximate surface area is 368 Å². The van der Waals surface area contributed by atoms with Crippen LogP contribution in [0.25, 0.3) is 0 Å². The molecule has 0 saturated heterocycles. The van der Waals surface area contributed by atoms with Crippen LogP contribution in [0.4, 0.5) is 0 Å². The summed E-state index contributed by atoms with van der Waals surface area (Å²) in [6.07, 6.45) is 59.6. The third-order valence-electron chi connectivity index (χ3n) is 10.6. The Balaban J connectivity index is 3.86. The third-order valence-corrected chi connectivity index (χ3v) is 11.0. The lowest BCUT2D eigenvalue weighted by Crippen LogP contribution is -2.29. The predicted octanol–water partition coefficient (Wildman–Crippen LogP) is 15.6. The van der Waals surface area contributed by atoms with Gasteiger partial charge in [-0.15, -0.1) is 0 Å². The summed E-state index contributed by atoms with van der Waals surface area (Å²) in [5, 5.41) is 0. The van der Waals surface area contributed by atoms with Crippen LogP contribution in [0.15, 0.2) is 60.8 Å². The zero-order chi connectivity index (χ0) is 43.9. The number of hydrogen-bond acceptors (Lipinski definition) is 6. The normalized spacial score (nSPS) is 12.9. The predicted molar refractivity (Wildman–Crippen MR) is 253 cm³/mol. The first-order valence-electron chi connectivity index (χ1n) is 24.6. The Morgan fingerprint density at radius 3 is 1.20 bits per heavy atom. The molecular formula is C51H91O8P. The van der Waals surface area contributed by atoms with Crippen LogP contribution in [0.1, 0.15) is 232 Å². The molecule has 0 bridgehead atoms. The van der Waals surface area contributed by atoms with Crippen LogP contribution in [0.3, 0.4) is 0 Å². The van der Waals surface area contributed by atoms with Gasteiger partial charge in [0.2, 0.25) is 0 Å². The van der Waals surface area contributed by atoms with Crippen molar-refractivity contribution in [3.05, 3.63) is 60.8 Å². The zero-order valence-electron chi connectivity index (χ0n) is 38.6. The van der Waals surface area contributed by atoms with E-state index in [1.807, 2.05) is 0 Å². The minimum absolute atomic E-state index is 0.172. The highest BCUT2D eigenvalue weighted by molar-refractivity contribution is 7.46. The lowest BCUT2D eigenvalue weighted by atomic mass is 10.0. The highest BCUT2D eigenvalue weighted by Gasteiger charge is 2.23. The highest BCUT2D eigenvalue weighted by atomic mass is 31.2. The first-order valence-corrected chi connectivity index (χ1v) is 26.1. The van der Waals surface area contributed by atoms with E-state index >= 15 is 0 Å². The fourth-order valence-electron chi connectivity index (χ4n) is 6.93. The Bertz CT molecular complexity index is 1150. The molecule has 9 heteroatoms. The minimum Gasteiger partial charge on any atom is -0.462 e. The number of esters is 2. The van der Waals surface area contributed by atoms with Crippen LogP contribution < -0.4 is 0 Å². The molecule has 0 rings (SSSR count). The maximum atomic E-state index is 12.4. The third kappa shape index (κ3) is 48.4. The van der Waals surface area contributed by atoms with E-state index in [0.717, 1.165) is 70.6 Å². The summed E-state index contributed by atoms with van der Waals surface area (Å²) < 4.78 is 26.5. The molecule has 0 saturated carbocycles. The number of allylic oxidation sites excluding steroid dienone is 10. The molecule has 2 N–H and O–H groups in total. The fourth-order valence-corrected chi connectivity index (χ4v) is 7.29. The van der Waals surface area contributed by atoms with Crippen molar-refractivity contribution in [1.82, 2.24) is 0 Å². The summed E-state index contributed by atoms with van der Waals surface area (Å²) in [5.74, 6) is -0.916. The Morgan fingerprint density at radius 1 is 0.450 bits per heavy atom. The second-order valence-corrected chi connectivity index (χ2v) is 17.7. The van der Waals surface area contributed by atoms with Crippen molar-refractivity contribution in [3.8, 4) is 0 Å². The van der Waals surface area contributed by atoms with Crippen molar-refractivity contribution in [2.24, 2.45) is 0 Å². The number of carbonyl (C=O) groups is 2. The maximum absolute atomic E-state index is 12.4. The molecule has 1 atom stereocenters. The van der Waals surface area contributed by atoms with E-state index in [2.05, 4.69) is 79.1 Å². The van der Waals surface area contributed by atoms with Gasteiger partial charge in [-0.25, -0.2) is 4.57 Å². The second-order valence-electron chi connectivity index (χ2n) is 16.4. The molecule has 0 aliphatic heterocycles. The van der Waals surface area contributed by atoms with Gasteiger partial charge in [0, 0.05) is 12.8 Å². The molecule has 0 radical (unpaired) electrons. The monoisotopic (exact) mass is 863 g/mol. The standard InChI is InChI=1S/C51H91O8P/c1-3-5-7-9-11-13-15-17-19-21-23-24-25-26-28-29-31-33-35-37-39-41-43-45-50(52)57-47-49(48-58-60(54,55)56)59-51(53)46-44-42-40-38-36-34-32-30-27-22-20-18-16-14-12-10-8-6-4-2/h6,8,12,14,18,20,27,30,34,36,49H,3-5,7,9-11,13,15-17,19,21-26,28-29,31-33,35,37-48H2,1-2H3,(H2,54,55,56)/b8-6-,14-12-,20-18-,30-27-,36-34-. The lowest BCUT2D eigenvalue weighted by molar-refractivity contribution is -0.161. The van der Waals surface area contributed by atoms with Gasteiger partial charge >= 0.3 is 19.8 Å². The fraction of sp³-hybridized carbons (Fsp3) is 0.765. The molecule has 0 heterocycles. The van der Waals surface area contributed by atoms with Crippen molar-refractivity contribution >= 4 is 19.8 Å². The van der Waals surface area contributed by atoms with Gasteiger partial charge in [-0.1, -0.05) is 222 Å². The van der Waals surface area contributed by atoms with Crippen molar-refractivity contribution in [3.63, 3.8) is 0 Å². The zero-order valence-corrected chi connectivity index (χ0v) is 39.5. The molecule has 348 valence electrons. The van der Waals surface area contributed by atoms with E-state index < -0.39 is 32.5 Å². The molecule has 0 fully saturated rings. The summed E-state index contributed by atoms with van der Waals surface area (Å²) in [4.78, 5) is 43.0. The molecule has 0 aliphatic carbocycles. The SMILES string of the molecule is CC/C=C\C/C=C\C/C=C\C/C=C\C/C=C\CCCCCC(=O)OC(COC(=O)CCCCCCCCCCCCCCCCCCCCCCCCC)COP(=O)(O)O. The number of phosphoric acid groups is 1.